The number of unbranched alkanes of at least 4 members (excludes halogenated alkanes) is 2. The predicted molar refractivity (Wildman–Crippen MR) is 69.0 cm³/mol. The van der Waals surface area contributed by atoms with E-state index < -0.39 is 0 Å². The molecule has 2 nitrogen and oxygen atoms in total. The van der Waals surface area contributed by atoms with Gasteiger partial charge >= 0.3 is 0 Å². The first kappa shape index (κ1) is 14.9. The predicted octanol–water partition coefficient (Wildman–Crippen LogP) is 2.73. The van der Waals surface area contributed by atoms with Crippen LogP contribution >= 0.6 is 0 Å². The summed E-state index contributed by atoms with van der Waals surface area (Å²) in [6, 6.07) is 0. The summed E-state index contributed by atoms with van der Waals surface area (Å²) >= 11 is 0. The van der Waals surface area contributed by atoms with E-state index in [4.69, 9.17) is 5.73 Å². The average Bonchev–Trinajstić information content (AvgIpc) is 2.10. The molecule has 0 unspecified atom stereocenters. The van der Waals surface area contributed by atoms with Gasteiger partial charge in [0.25, 0.3) is 0 Å². The van der Waals surface area contributed by atoms with Gasteiger partial charge in [-0.15, -0.1) is 0 Å². The Balaban J connectivity index is 3.69. The molecule has 0 heterocycles. The topological polar surface area (TPSA) is 29.3 Å². The lowest BCUT2D eigenvalue weighted by atomic mass is 10.1. The van der Waals surface area contributed by atoms with Gasteiger partial charge in [-0.25, -0.2) is 0 Å². The van der Waals surface area contributed by atoms with Crippen LogP contribution in [0.4, 0.5) is 0 Å². The van der Waals surface area contributed by atoms with Crippen LogP contribution in [-0.2, 0) is 0 Å². The van der Waals surface area contributed by atoms with Gasteiger partial charge in [-0.1, -0.05) is 34.1 Å². The van der Waals surface area contributed by atoms with Crippen LogP contribution in [0.2, 0.25) is 0 Å². The van der Waals surface area contributed by atoms with Crippen molar-refractivity contribution in [2.24, 2.45) is 17.6 Å². The van der Waals surface area contributed by atoms with E-state index in [0.29, 0.717) is 0 Å². The Morgan fingerprint density at radius 1 is 0.867 bits per heavy atom. The van der Waals surface area contributed by atoms with Gasteiger partial charge in [0.05, 0.1) is 0 Å². The zero-order valence-electron chi connectivity index (χ0n) is 11.1. The zero-order valence-corrected chi connectivity index (χ0v) is 11.1. The van der Waals surface area contributed by atoms with Crippen molar-refractivity contribution in [3.05, 3.63) is 0 Å². The van der Waals surface area contributed by atoms with Crippen LogP contribution in [0.15, 0.2) is 0 Å². The first-order valence-corrected chi connectivity index (χ1v) is 6.48. The van der Waals surface area contributed by atoms with E-state index in [1.807, 2.05) is 0 Å². The van der Waals surface area contributed by atoms with Crippen molar-refractivity contribution in [2.75, 3.05) is 26.2 Å². The molecule has 0 rings (SSSR count). The fourth-order valence-corrected chi connectivity index (χ4v) is 1.95. The van der Waals surface area contributed by atoms with Crippen molar-refractivity contribution < 1.29 is 0 Å². The average molecular weight is 214 g/mol. The van der Waals surface area contributed by atoms with Gasteiger partial charge < -0.3 is 10.6 Å². The second-order valence-electron chi connectivity index (χ2n) is 5.40. The van der Waals surface area contributed by atoms with Crippen LogP contribution in [-0.4, -0.2) is 31.1 Å². The Hall–Kier alpha value is -0.0800. The monoisotopic (exact) mass is 214 g/mol. The van der Waals surface area contributed by atoms with E-state index in [-0.39, 0.29) is 0 Å². The van der Waals surface area contributed by atoms with Crippen molar-refractivity contribution in [2.45, 2.75) is 47.0 Å². The van der Waals surface area contributed by atoms with Gasteiger partial charge in [0, 0.05) is 13.1 Å². The maximum absolute atomic E-state index is 5.49. The van der Waals surface area contributed by atoms with Crippen LogP contribution in [0, 0.1) is 11.8 Å². The van der Waals surface area contributed by atoms with Crippen LogP contribution in [0.1, 0.15) is 47.0 Å². The Morgan fingerprint density at radius 3 is 1.80 bits per heavy atom. The third-order valence-electron chi connectivity index (χ3n) is 2.43. The highest BCUT2D eigenvalue weighted by molar-refractivity contribution is 4.62. The highest BCUT2D eigenvalue weighted by Gasteiger charge is 2.08. The molecule has 0 atom stereocenters. The lowest BCUT2D eigenvalue weighted by Crippen LogP contribution is -2.32. The molecule has 2 N–H and O–H groups in total. The van der Waals surface area contributed by atoms with E-state index >= 15 is 0 Å². The summed E-state index contributed by atoms with van der Waals surface area (Å²) in [5.74, 6) is 1.55. The fourth-order valence-electron chi connectivity index (χ4n) is 1.95. The van der Waals surface area contributed by atoms with Gasteiger partial charge in [-0.2, -0.15) is 0 Å². The number of hydrogen-bond donors (Lipinski definition) is 1. The number of nitrogens with two attached hydrogens (primary N) is 1. The second-order valence-corrected chi connectivity index (χ2v) is 5.40. The lowest BCUT2D eigenvalue weighted by Gasteiger charge is -2.26. The van der Waals surface area contributed by atoms with E-state index in [0.717, 1.165) is 18.4 Å². The van der Waals surface area contributed by atoms with E-state index in [9.17, 15) is 0 Å². The van der Waals surface area contributed by atoms with E-state index in [1.165, 1.54) is 38.9 Å². The summed E-state index contributed by atoms with van der Waals surface area (Å²) in [6.45, 7) is 13.8. The minimum Gasteiger partial charge on any atom is -0.330 e. The fraction of sp³-hybridized carbons (Fsp3) is 1.00. The van der Waals surface area contributed by atoms with Gasteiger partial charge in [-0.3, -0.25) is 0 Å². The molecule has 0 saturated heterocycles. The molecular weight excluding hydrogens is 184 g/mol. The molecule has 0 aliphatic carbocycles. The van der Waals surface area contributed by atoms with Crippen LogP contribution in [0.25, 0.3) is 0 Å². The molecule has 0 saturated carbocycles. The van der Waals surface area contributed by atoms with Crippen molar-refractivity contribution in [1.29, 1.82) is 0 Å². The maximum atomic E-state index is 5.49. The summed E-state index contributed by atoms with van der Waals surface area (Å²) in [4.78, 5) is 2.60. The third kappa shape index (κ3) is 10.2. The molecule has 0 aromatic carbocycles. The van der Waals surface area contributed by atoms with Crippen molar-refractivity contribution in [3.63, 3.8) is 0 Å². The van der Waals surface area contributed by atoms with Gasteiger partial charge in [0.2, 0.25) is 0 Å². The number of rotatable bonds is 9. The Morgan fingerprint density at radius 2 is 1.40 bits per heavy atom. The van der Waals surface area contributed by atoms with E-state index in [2.05, 4.69) is 32.6 Å². The molecule has 2 heteroatoms. The molecule has 0 aromatic heterocycles. The molecule has 15 heavy (non-hydrogen) atoms. The quantitative estimate of drug-likeness (QED) is 0.598. The largest absolute Gasteiger partial charge is 0.330 e. The summed E-state index contributed by atoms with van der Waals surface area (Å²) in [5.41, 5.74) is 5.49. The summed E-state index contributed by atoms with van der Waals surface area (Å²) in [6.07, 6.45) is 3.76. The molecule has 0 amide bonds. The van der Waals surface area contributed by atoms with Crippen molar-refractivity contribution in [3.8, 4) is 0 Å². The molecule has 92 valence electrons. The van der Waals surface area contributed by atoms with Crippen molar-refractivity contribution >= 4 is 0 Å². The Bertz CT molecular complexity index is 122. The smallest absolute Gasteiger partial charge is 0.000449 e. The van der Waals surface area contributed by atoms with Crippen LogP contribution in [0.5, 0.6) is 0 Å². The van der Waals surface area contributed by atoms with Crippen LogP contribution in [0.3, 0.4) is 0 Å². The summed E-state index contributed by atoms with van der Waals surface area (Å²) in [5, 5.41) is 0. The van der Waals surface area contributed by atoms with E-state index in [1.54, 1.807) is 0 Å². The lowest BCUT2D eigenvalue weighted by molar-refractivity contribution is 0.215. The van der Waals surface area contributed by atoms with Crippen molar-refractivity contribution in [1.82, 2.24) is 4.90 Å². The zero-order chi connectivity index (χ0) is 11.7. The first-order valence-electron chi connectivity index (χ1n) is 6.48. The molecule has 0 aliphatic rings. The molecule has 0 radical (unpaired) electrons. The summed E-state index contributed by atoms with van der Waals surface area (Å²) < 4.78 is 0. The number of nitrogens with zero attached hydrogens (tertiary/aromatic N) is 1. The highest BCUT2D eigenvalue weighted by Crippen LogP contribution is 2.06. The minimum absolute atomic E-state index is 0.776. The molecule has 0 spiro atoms. The molecule has 0 aliphatic heterocycles. The summed E-state index contributed by atoms with van der Waals surface area (Å²) in [7, 11) is 0. The Labute approximate surface area is 96.2 Å². The maximum Gasteiger partial charge on any atom is 0.000449 e. The SMILES string of the molecule is CC(C)CN(CCCCCN)CC(C)C. The molecular formula is C13H30N2. The third-order valence-corrected chi connectivity index (χ3v) is 2.43. The van der Waals surface area contributed by atoms with Crippen LogP contribution < -0.4 is 5.73 Å². The van der Waals surface area contributed by atoms with Gasteiger partial charge in [-0.05, 0) is 37.8 Å². The second kappa shape index (κ2) is 9.17. The first-order chi connectivity index (χ1) is 7.06. The number of hydrogen-bond acceptors (Lipinski definition) is 2. The van der Waals surface area contributed by atoms with Gasteiger partial charge in [0.1, 0.15) is 0 Å². The molecule has 0 aromatic rings. The minimum atomic E-state index is 0.776. The van der Waals surface area contributed by atoms with Gasteiger partial charge in [0.15, 0.2) is 0 Å². The normalized spacial score (nSPS) is 12.0. The highest BCUT2D eigenvalue weighted by atomic mass is 15.1. The Kier molecular flexibility index (Phi) is 9.12. The molecule has 0 fully saturated rings. The standard InChI is InChI=1S/C13H30N2/c1-12(2)10-15(11-13(3)4)9-7-5-6-8-14/h12-13H,5-11,14H2,1-4H3. The molecule has 0 bridgehead atoms.